The van der Waals surface area contributed by atoms with Crippen molar-refractivity contribution in [3.8, 4) is 0 Å². The first-order valence-corrected chi connectivity index (χ1v) is 7.68. The van der Waals surface area contributed by atoms with E-state index in [1.54, 1.807) is 0 Å². The zero-order chi connectivity index (χ0) is 16.0. The lowest BCUT2D eigenvalue weighted by atomic mass is 10.1. The van der Waals surface area contributed by atoms with Gasteiger partial charge in [0, 0.05) is 18.0 Å². The van der Waals surface area contributed by atoms with Gasteiger partial charge in [0.1, 0.15) is 5.01 Å². The molecule has 0 saturated carbocycles. The van der Waals surface area contributed by atoms with Crippen molar-refractivity contribution in [1.82, 2.24) is 15.6 Å². The number of thiazole rings is 1. The summed E-state index contributed by atoms with van der Waals surface area (Å²) >= 11 is 0.968. The summed E-state index contributed by atoms with van der Waals surface area (Å²) in [7, 11) is 0. The number of aromatic nitrogens is 1. The van der Waals surface area contributed by atoms with Crippen molar-refractivity contribution in [3.05, 3.63) is 16.1 Å². The highest BCUT2D eigenvalue weighted by atomic mass is 32.1. The quantitative estimate of drug-likeness (QED) is 0.646. The van der Waals surface area contributed by atoms with Gasteiger partial charge in [-0.25, -0.2) is 9.98 Å². The van der Waals surface area contributed by atoms with Gasteiger partial charge in [0.05, 0.1) is 6.54 Å². The van der Waals surface area contributed by atoms with Crippen LogP contribution >= 0.6 is 11.3 Å². The first-order valence-electron chi connectivity index (χ1n) is 6.80. The number of aliphatic imine (C=N–C) groups is 1. The van der Waals surface area contributed by atoms with Crippen LogP contribution in [0.1, 0.15) is 38.4 Å². The van der Waals surface area contributed by atoms with Crippen LogP contribution in [0.15, 0.2) is 10.4 Å². The van der Waals surface area contributed by atoms with Gasteiger partial charge in [-0.3, -0.25) is 0 Å². The van der Waals surface area contributed by atoms with Crippen molar-refractivity contribution in [2.24, 2.45) is 10.9 Å². The average Bonchev–Trinajstić information content (AvgIpc) is 2.84. The lowest BCUT2D eigenvalue weighted by Gasteiger charge is -2.20. The minimum Gasteiger partial charge on any atom is -0.357 e. The summed E-state index contributed by atoms with van der Waals surface area (Å²) in [6.45, 7) is 8.93. The molecule has 1 atom stereocenters. The standard InChI is InChI=1S/C13H21F3N4S/c1-5-17-12(19-9(4)8(2)3)18-6-11-20-10(7-21-11)13(14,15)16/h7-9H,5-6H2,1-4H3,(H2,17,18,19). The maximum atomic E-state index is 12.5. The van der Waals surface area contributed by atoms with Crippen molar-refractivity contribution in [1.29, 1.82) is 0 Å². The molecule has 0 bridgehead atoms. The number of rotatable bonds is 5. The molecule has 1 aromatic rings. The Labute approximate surface area is 126 Å². The van der Waals surface area contributed by atoms with Crippen LogP contribution in [0.4, 0.5) is 13.2 Å². The summed E-state index contributed by atoms with van der Waals surface area (Å²) in [6, 6.07) is 0.213. The Bertz CT molecular complexity index is 468. The number of hydrogen-bond acceptors (Lipinski definition) is 3. The van der Waals surface area contributed by atoms with E-state index in [0.29, 0.717) is 23.4 Å². The van der Waals surface area contributed by atoms with Crippen molar-refractivity contribution in [2.75, 3.05) is 6.54 Å². The molecule has 0 aliphatic heterocycles. The van der Waals surface area contributed by atoms with E-state index in [-0.39, 0.29) is 12.6 Å². The van der Waals surface area contributed by atoms with E-state index < -0.39 is 11.9 Å². The van der Waals surface area contributed by atoms with E-state index in [0.717, 1.165) is 16.7 Å². The van der Waals surface area contributed by atoms with Crippen LogP contribution in [-0.2, 0) is 12.7 Å². The molecule has 120 valence electrons. The molecule has 0 aliphatic carbocycles. The number of nitrogens with zero attached hydrogens (tertiary/aromatic N) is 2. The van der Waals surface area contributed by atoms with Crippen LogP contribution in [0.5, 0.6) is 0 Å². The highest BCUT2D eigenvalue weighted by Gasteiger charge is 2.33. The molecule has 1 unspecified atom stereocenters. The Balaban J connectivity index is 2.71. The van der Waals surface area contributed by atoms with Crippen LogP contribution in [-0.4, -0.2) is 23.5 Å². The molecule has 0 aliphatic rings. The first-order chi connectivity index (χ1) is 9.74. The average molecular weight is 322 g/mol. The van der Waals surface area contributed by atoms with Crippen molar-refractivity contribution >= 4 is 17.3 Å². The van der Waals surface area contributed by atoms with Gasteiger partial charge < -0.3 is 10.6 Å². The van der Waals surface area contributed by atoms with E-state index in [1.807, 2.05) is 13.8 Å². The molecule has 1 heterocycles. The van der Waals surface area contributed by atoms with Gasteiger partial charge in [-0.15, -0.1) is 11.3 Å². The Morgan fingerprint density at radius 3 is 2.52 bits per heavy atom. The molecular weight excluding hydrogens is 301 g/mol. The van der Waals surface area contributed by atoms with E-state index in [2.05, 4.69) is 34.5 Å². The van der Waals surface area contributed by atoms with Gasteiger partial charge in [0.15, 0.2) is 11.7 Å². The van der Waals surface area contributed by atoms with Crippen molar-refractivity contribution < 1.29 is 13.2 Å². The monoisotopic (exact) mass is 322 g/mol. The van der Waals surface area contributed by atoms with E-state index >= 15 is 0 Å². The molecule has 2 N–H and O–H groups in total. The Morgan fingerprint density at radius 2 is 2.05 bits per heavy atom. The Morgan fingerprint density at radius 1 is 1.38 bits per heavy atom. The smallest absolute Gasteiger partial charge is 0.357 e. The molecule has 0 saturated heterocycles. The number of nitrogens with one attached hydrogen (secondary N) is 2. The fourth-order valence-corrected chi connectivity index (χ4v) is 2.09. The molecule has 0 aromatic carbocycles. The number of halogens is 3. The first kappa shape index (κ1) is 17.7. The second-order valence-electron chi connectivity index (χ2n) is 5.00. The highest BCUT2D eigenvalue weighted by Crippen LogP contribution is 2.30. The van der Waals surface area contributed by atoms with Gasteiger partial charge in [0.2, 0.25) is 0 Å². The second kappa shape index (κ2) is 7.63. The van der Waals surface area contributed by atoms with Gasteiger partial charge in [-0.1, -0.05) is 13.8 Å². The van der Waals surface area contributed by atoms with Crippen LogP contribution in [0.25, 0.3) is 0 Å². The van der Waals surface area contributed by atoms with E-state index in [9.17, 15) is 13.2 Å². The maximum absolute atomic E-state index is 12.5. The Hall–Kier alpha value is -1.31. The SMILES string of the molecule is CCNC(=NCc1nc(C(F)(F)F)cs1)NC(C)C(C)C. The van der Waals surface area contributed by atoms with Crippen LogP contribution < -0.4 is 10.6 Å². The third-order valence-corrected chi connectivity index (χ3v) is 3.76. The zero-order valence-corrected chi connectivity index (χ0v) is 13.4. The molecule has 21 heavy (non-hydrogen) atoms. The van der Waals surface area contributed by atoms with Gasteiger partial charge in [0.25, 0.3) is 0 Å². The third kappa shape index (κ3) is 5.91. The predicted molar refractivity (Wildman–Crippen MR) is 79.4 cm³/mol. The lowest BCUT2D eigenvalue weighted by Crippen LogP contribution is -2.44. The maximum Gasteiger partial charge on any atom is 0.434 e. The topological polar surface area (TPSA) is 49.3 Å². The van der Waals surface area contributed by atoms with Crippen molar-refractivity contribution in [3.63, 3.8) is 0 Å². The zero-order valence-electron chi connectivity index (χ0n) is 12.6. The molecule has 4 nitrogen and oxygen atoms in total. The third-order valence-electron chi connectivity index (χ3n) is 2.92. The fraction of sp³-hybridized carbons (Fsp3) is 0.692. The molecule has 1 aromatic heterocycles. The van der Waals surface area contributed by atoms with Crippen molar-refractivity contribution in [2.45, 2.75) is 46.5 Å². The lowest BCUT2D eigenvalue weighted by molar-refractivity contribution is -0.140. The summed E-state index contributed by atoms with van der Waals surface area (Å²) in [6.07, 6.45) is -4.40. The molecular formula is C13H21F3N4S. The molecule has 0 radical (unpaired) electrons. The summed E-state index contributed by atoms with van der Waals surface area (Å²) in [5.41, 5.74) is -0.855. The highest BCUT2D eigenvalue weighted by molar-refractivity contribution is 7.09. The van der Waals surface area contributed by atoms with Gasteiger partial charge >= 0.3 is 6.18 Å². The largest absolute Gasteiger partial charge is 0.434 e. The van der Waals surface area contributed by atoms with Crippen LogP contribution in [0.3, 0.4) is 0 Å². The fourth-order valence-electron chi connectivity index (χ4n) is 1.36. The van der Waals surface area contributed by atoms with Gasteiger partial charge in [-0.05, 0) is 19.8 Å². The number of hydrogen-bond donors (Lipinski definition) is 2. The van der Waals surface area contributed by atoms with Crippen LogP contribution in [0, 0.1) is 5.92 Å². The molecule has 1 rings (SSSR count). The molecule has 0 fully saturated rings. The molecule has 0 spiro atoms. The molecule has 8 heteroatoms. The summed E-state index contributed by atoms with van der Waals surface area (Å²) < 4.78 is 37.4. The van der Waals surface area contributed by atoms with E-state index in [4.69, 9.17) is 0 Å². The normalized spacial score (nSPS) is 14.4. The minimum absolute atomic E-state index is 0.126. The summed E-state index contributed by atoms with van der Waals surface area (Å²) in [5, 5.41) is 7.65. The minimum atomic E-state index is -4.40. The predicted octanol–water partition coefficient (Wildman–Crippen LogP) is 3.26. The summed E-state index contributed by atoms with van der Waals surface area (Å²) in [4.78, 5) is 7.84. The number of guanidine groups is 1. The second-order valence-corrected chi connectivity index (χ2v) is 5.94. The van der Waals surface area contributed by atoms with Gasteiger partial charge in [-0.2, -0.15) is 13.2 Å². The van der Waals surface area contributed by atoms with E-state index in [1.165, 1.54) is 0 Å². The summed E-state index contributed by atoms with van der Waals surface area (Å²) in [5.74, 6) is 1.01. The number of alkyl halides is 3. The Kier molecular flexibility index (Phi) is 6.44. The molecule has 0 amide bonds. The van der Waals surface area contributed by atoms with Crippen LogP contribution in [0.2, 0.25) is 0 Å².